The van der Waals surface area contributed by atoms with Crippen molar-refractivity contribution in [3.63, 3.8) is 0 Å². The van der Waals surface area contributed by atoms with Crippen molar-refractivity contribution >= 4 is 54.3 Å². The molecule has 10 aromatic rings. The molecule has 0 bridgehead atoms. The fraction of sp³-hybridized carbons (Fsp3) is 0. The highest BCUT2D eigenvalue weighted by atomic mass is 16.3. The second-order valence-electron chi connectivity index (χ2n) is 12.6. The molecule has 0 saturated heterocycles. The molecule has 0 radical (unpaired) electrons. The van der Waals surface area contributed by atoms with E-state index < -0.39 is 0 Å². The fourth-order valence-corrected chi connectivity index (χ4v) is 7.24. The van der Waals surface area contributed by atoms with E-state index in [1.807, 2.05) is 6.07 Å². The van der Waals surface area contributed by atoms with E-state index in [0.717, 1.165) is 71.7 Å². The molecule has 2 aromatic heterocycles. The number of hydrogen-bond acceptors (Lipinski definition) is 3. The SMILES string of the molecule is c1ccc(-c2cc(-c3cccc4ccccc34)nc(-c3cc4c5ccc(-c6ccc7ccccc7c6)cc5oc4c4ccccc34)n2)cc1. The van der Waals surface area contributed by atoms with Crippen LogP contribution >= 0.6 is 0 Å². The Morgan fingerprint density at radius 1 is 0.347 bits per heavy atom. The van der Waals surface area contributed by atoms with Gasteiger partial charge in [0.15, 0.2) is 5.82 Å². The Kier molecular flexibility index (Phi) is 6.18. The zero-order valence-corrected chi connectivity index (χ0v) is 26.5. The third-order valence-electron chi connectivity index (χ3n) is 9.66. The molecule has 8 aromatic carbocycles. The predicted molar refractivity (Wildman–Crippen MR) is 204 cm³/mol. The number of hydrogen-bond donors (Lipinski definition) is 0. The molecule has 0 atom stereocenters. The highest BCUT2D eigenvalue weighted by molar-refractivity contribution is 6.19. The molecule has 0 unspecified atom stereocenters. The Labute approximate surface area is 282 Å². The molecule has 3 nitrogen and oxygen atoms in total. The average Bonchev–Trinajstić information content (AvgIpc) is 3.55. The Balaban J connectivity index is 1.21. The van der Waals surface area contributed by atoms with Crippen molar-refractivity contribution in [3.8, 4) is 45.0 Å². The van der Waals surface area contributed by atoms with Crippen molar-refractivity contribution in [2.24, 2.45) is 0 Å². The summed E-state index contributed by atoms with van der Waals surface area (Å²) in [7, 11) is 0. The normalized spacial score (nSPS) is 11.7. The van der Waals surface area contributed by atoms with Crippen molar-refractivity contribution in [3.05, 3.63) is 170 Å². The van der Waals surface area contributed by atoms with Gasteiger partial charge in [-0.1, -0.05) is 140 Å². The highest BCUT2D eigenvalue weighted by Gasteiger charge is 2.19. The number of benzene rings is 8. The summed E-state index contributed by atoms with van der Waals surface area (Å²) in [5.41, 5.74) is 8.91. The van der Waals surface area contributed by atoms with E-state index in [1.165, 1.54) is 21.7 Å². The van der Waals surface area contributed by atoms with Crippen LogP contribution in [0.15, 0.2) is 174 Å². The summed E-state index contributed by atoms with van der Waals surface area (Å²) in [4.78, 5) is 10.5. The summed E-state index contributed by atoms with van der Waals surface area (Å²) in [6.07, 6.45) is 0. The van der Waals surface area contributed by atoms with Crippen LogP contribution in [0.3, 0.4) is 0 Å². The zero-order chi connectivity index (χ0) is 32.3. The maximum absolute atomic E-state index is 6.70. The van der Waals surface area contributed by atoms with Crippen molar-refractivity contribution < 1.29 is 4.42 Å². The molecular formula is C46H28N2O. The van der Waals surface area contributed by atoms with E-state index in [0.29, 0.717) is 5.82 Å². The number of fused-ring (bicyclic) bond motifs is 7. The van der Waals surface area contributed by atoms with Crippen LogP contribution in [-0.2, 0) is 0 Å². The molecule has 0 aliphatic rings. The second kappa shape index (κ2) is 11.0. The quantitative estimate of drug-likeness (QED) is 0.196. The first kappa shape index (κ1) is 27.5. The lowest BCUT2D eigenvalue weighted by Crippen LogP contribution is -1.97. The van der Waals surface area contributed by atoms with Crippen LogP contribution in [0.1, 0.15) is 0 Å². The maximum Gasteiger partial charge on any atom is 0.161 e. The van der Waals surface area contributed by atoms with E-state index in [9.17, 15) is 0 Å². The smallest absolute Gasteiger partial charge is 0.161 e. The monoisotopic (exact) mass is 624 g/mol. The first-order valence-corrected chi connectivity index (χ1v) is 16.6. The molecule has 3 heteroatoms. The fourth-order valence-electron chi connectivity index (χ4n) is 7.24. The zero-order valence-electron chi connectivity index (χ0n) is 26.5. The lowest BCUT2D eigenvalue weighted by atomic mass is 9.97. The summed E-state index contributed by atoms with van der Waals surface area (Å²) in [5, 5.41) is 9.02. The Morgan fingerprint density at radius 3 is 1.90 bits per heavy atom. The van der Waals surface area contributed by atoms with Gasteiger partial charge in [0.2, 0.25) is 0 Å². The third kappa shape index (κ3) is 4.59. The summed E-state index contributed by atoms with van der Waals surface area (Å²) < 4.78 is 6.70. The van der Waals surface area contributed by atoms with Gasteiger partial charge >= 0.3 is 0 Å². The van der Waals surface area contributed by atoms with Crippen molar-refractivity contribution in [1.29, 1.82) is 0 Å². The van der Waals surface area contributed by atoms with E-state index >= 15 is 0 Å². The maximum atomic E-state index is 6.70. The number of furan rings is 1. The van der Waals surface area contributed by atoms with Gasteiger partial charge in [-0.05, 0) is 68.4 Å². The van der Waals surface area contributed by atoms with Crippen LogP contribution in [0.2, 0.25) is 0 Å². The first-order valence-electron chi connectivity index (χ1n) is 16.6. The Hall–Kier alpha value is -6.58. The van der Waals surface area contributed by atoms with Gasteiger partial charge in [-0.15, -0.1) is 0 Å². The standard InChI is InChI=1S/C46H28N2O/c1-2-13-31(14-3-1)42-28-43(37-20-10-16-30-12-6-7-17-35(30)37)48-46(47-42)41-27-40-38-24-23-34(33-22-21-29-11-4-5-15-32(29)25-33)26-44(38)49-45(40)39-19-9-8-18-36(39)41/h1-28H. The van der Waals surface area contributed by atoms with Crippen LogP contribution in [0, 0.1) is 0 Å². The molecule has 49 heavy (non-hydrogen) atoms. The van der Waals surface area contributed by atoms with Crippen LogP contribution in [0.25, 0.3) is 99.3 Å². The number of nitrogens with zero attached hydrogens (tertiary/aromatic N) is 2. The molecule has 0 amide bonds. The lowest BCUT2D eigenvalue weighted by Gasteiger charge is -2.13. The Bertz CT molecular complexity index is 2880. The first-order chi connectivity index (χ1) is 24.3. The largest absolute Gasteiger partial charge is 0.455 e. The average molecular weight is 625 g/mol. The molecule has 0 spiro atoms. The highest BCUT2D eigenvalue weighted by Crippen LogP contribution is 2.41. The van der Waals surface area contributed by atoms with Crippen molar-refractivity contribution in [2.75, 3.05) is 0 Å². The number of aromatic nitrogens is 2. The summed E-state index contributed by atoms with van der Waals surface area (Å²) in [6, 6.07) is 59.6. The second-order valence-corrected chi connectivity index (χ2v) is 12.6. The Morgan fingerprint density at radius 2 is 1.02 bits per heavy atom. The van der Waals surface area contributed by atoms with Crippen LogP contribution in [0.4, 0.5) is 0 Å². The minimum absolute atomic E-state index is 0.685. The lowest BCUT2D eigenvalue weighted by molar-refractivity contribution is 0.673. The molecule has 0 aliphatic heterocycles. The van der Waals surface area contributed by atoms with Gasteiger partial charge in [0.1, 0.15) is 11.2 Å². The summed E-state index contributed by atoms with van der Waals surface area (Å²) >= 11 is 0. The molecule has 0 fully saturated rings. The minimum Gasteiger partial charge on any atom is -0.455 e. The number of rotatable bonds is 4. The molecular weight excluding hydrogens is 597 g/mol. The van der Waals surface area contributed by atoms with Crippen LogP contribution in [0.5, 0.6) is 0 Å². The third-order valence-corrected chi connectivity index (χ3v) is 9.66. The molecule has 0 N–H and O–H groups in total. The van der Waals surface area contributed by atoms with Gasteiger partial charge in [-0.3, -0.25) is 0 Å². The van der Waals surface area contributed by atoms with Gasteiger partial charge in [-0.25, -0.2) is 9.97 Å². The van der Waals surface area contributed by atoms with Crippen LogP contribution < -0.4 is 0 Å². The van der Waals surface area contributed by atoms with Crippen molar-refractivity contribution in [2.45, 2.75) is 0 Å². The van der Waals surface area contributed by atoms with E-state index in [2.05, 4.69) is 164 Å². The van der Waals surface area contributed by atoms with Gasteiger partial charge in [-0.2, -0.15) is 0 Å². The minimum atomic E-state index is 0.685. The van der Waals surface area contributed by atoms with Gasteiger partial charge < -0.3 is 4.42 Å². The summed E-state index contributed by atoms with van der Waals surface area (Å²) in [6.45, 7) is 0. The molecule has 0 aliphatic carbocycles. The predicted octanol–water partition coefficient (Wildman–Crippen LogP) is 12.5. The molecule has 228 valence electrons. The molecule has 2 heterocycles. The van der Waals surface area contributed by atoms with Gasteiger partial charge in [0.05, 0.1) is 11.4 Å². The van der Waals surface area contributed by atoms with E-state index in [-0.39, 0.29) is 0 Å². The molecule has 0 saturated carbocycles. The van der Waals surface area contributed by atoms with Crippen molar-refractivity contribution in [1.82, 2.24) is 9.97 Å². The summed E-state index contributed by atoms with van der Waals surface area (Å²) in [5.74, 6) is 0.685. The van der Waals surface area contributed by atoms with E-state index in [1.54, 1.807) is 0 Å². The van der Waals surface area contributed by atoms with Gasteiger partial charge in [0.25, 0.3) is 0 Å². The molecule has 10 rings (SSSR count). The topological polar surface area (TPSA) is 38.9 Å². The van der Waals surface area contributed by atoms with Crippen LogP contribution in [-0.4, -0.2) is 9.97 Å². The van der Waals surface area contributed by atoms with E-state index in [4.69, 9.17) is 14.4 Å². The van der Waals surface area contributed by atoms with Gasteiger partial charge in [0, 0.05) is 32.8 Å².